The van der Waals surface area contributed by atoms with Crippen LogP contribution < -0.4 is 14.8 Å². The van der Waals surface area contributed by atoms with E-state index >= 15 is 0 Å². The van der Waals surface area contributed by atoms with Gasteiger partial charge in [0.2, 0.25) is 0 Å². The molecule has 0 spiro atoms. The van der Waals surface area contributed by atoms with E-state index in [4.69, 9.17) is 8.85 Å². The lowest BCUT2D eigenvalue weighted by Gasteiger charge is -2.37. The third-order valence-electron chi connectivity index (χ3n) is 3.97. The van der Waals surface area contributed by atoms with Gasteiger partial charge < -0.3 is 8.85 Å². The molecule has 3 rings (SSSR count). The van der Waals surface area contributed by atoms with E-state index in [-0.39, 0.29) is 5.60 Å². The predicted molar refractivity (Wildman–Crippen MR) is 108 cm³/mol. The van der Waals surface area contributed by atoms with Gasteiger partial charge in [-0.2, -0.15) is 0 Å². The molecule has 0 aliphatic heterocycles. The lowest BCUT2D eigenvalue weighted by molar-refractivity contribution is 0.101. The first-order chi connectivity index (χ1) is 12.4. The molecule has 0 saturated heterocycles. The second-order valence-corrected chi connectivity index (χ2v) is 10.0. The van der Waals surface area contributed by atoms with E-state index in [9.17, 15) is 0 Å². The molecule has 0 bridgehead atoms. The van der Waals surface area contributed by atoms with Gasteiger partial charge in [-0.15, -0.1) is 0 Å². The van der Waals surface area contributed by atoms with Gasteiger partial charge in [0.05, 0.1) is 11.3 Å². The molecule has 26 heavy (non-hydrogen) atoms. The highest BCUT2D eigenvalue weighted by Crippen LogP contribution is 2.24. The van der Waals surface area contributed by atoms with Gasteiger partial charge in [-0.05, 0) is 39.8 Å². The summed E-state index contributed by atoms with van der Waals surface area (Å²) in [6.45, 7) is 8.17. The van der Waals surface area contributed by atoms with Gasteiger partial charge in [0.1, 0.15) is 5.75 Å². The van der Waals surface area contributed by atoms with Gasteiger partial charge >= 0.3 is 8.56 Å². The van der Waals surface area contributed by atoms with Crippen LogP contribution in [-0.4, -0.2) is 19.1 Å². The molecule has 1 aromatic heterocycles. The minimum absolute atomic E-state index is 0.367. The van der Waals surface area contributed by atoms with Crippen LogP contribution in [0.4, 0.5) is 0 Å². The Morgan fingerprint density at radius 2 is 1.31 bits per heavy atom. The van der Waals surface area contributed by atoms with Crippen molar-refractivity contribution in [2.45, 2.75) is 33.3 Å². The van der Waals surface area contributed by atoms with Gasteiger partial charge in [0.25, 0.3) is 0 Å². The lowest BCUT2D eigenvalue weighted by atomic mass is 10.2. The quantitative estimate of drug-likeness (QED) is 0.646. The Balaban J connectivity index is 2.23. The average Bonchev–Trinajstić information content (AvgIpc) is 2.63. The highest BCUT2D eigenvalue weighted by atomic mass is 28.4. The fourth-order valence-electron chi connectivity index (χ4n) is 2.90. The fraction of sp³-hybridized carbons (Fsp3) is 0.227. The zero-order chi connectivity index (χ0) is 18.6. The van der Waals surface area contributed by atoms with Crippen LogP contribution in [0.5, 0.6) is 5.75 Å². The standard InChI is InChI=1S/C22H25NO2Si/c1-18-21(16-11-17-23-18)24-26(25-22(2,3)4,19-12-7-5-8-13-19)20-14-9-6-10-15-20/h5-17H,1-4H3. The summed E-state index contributed by atoms with van der Waals surface area (Å²) in [6, 6.07) is 24.4. The maximum absolute atomic E-state index is 6.75. The molecule has 3 nitrogen and oxygen atoms in total. The van der Waals surface area contributed by atoms with Crippen molar-refractivity contribution in [3.05, 3.63) is 84.7 Å². The summed E-state index contributed by atoms with van der Waals surface area (Å²) in [6.07, 6.45) is 1.78. The Hall–Kier alpha value is -2.43. The molecule has 0 atom stereocenters. The van der Waals surface area contributed by atoms with Gasteiger partial charge in [-0.25, -0.2) is 0 Å². The number of aromatic nitrogens is 1. The topological polar surface area (TPSA) is 31.4 Å². The molecule has 134 valence electrons. The SMILES string of the molecule is Cc1ncccc1O[Si](OC(C)(C)C)(c1ccccc1)c1ccccc1. The molecule has 0 unspecified atom stereocenters. The number of rotatable bonds is 5. The molecule has 2 aromatic carbocycles. The van der Waals surface area contributed by atoms with Crippen molar-refractivity contribution in [3.63, 3.8) is 0 Å². The van der Waals surface area contributed by atoms with Crippen molar-refractivity contribution >= 4 is 18.9 Å². The molecule has 0 saturated carbocycles. The Morgan fingerprint density at radius 3 is 1.77 bits per heavy atom. The lowest BCUT2D eigenvalue weighted by Crippen LogP contribution is -2.68. The molecule has 0 aliphatic rings. The van der Waals surface area contributed by atoms with Gasteiger partial charge in [-0.1, -0.05) is 60.7 Å². The van der Waals surface area contributed by atoms with E-state index in [1.807, 2.05) is 55.5 Å². The van der Waals surface area contributed by atoms with E-state index in [1.54, 1.807) is 6.20 Å². The number of hydrogen-bond acceptors (Lipinski definition) is 3. The Labute approximate surface area is 156 Å². The van der Waals surface area contributed by atoms with E-state index in [2.05, 4.69) is 50.0 Å². The minimum Gasteiger partial charge on any atom is -0.512 e. The highest BCUT2D eigenvalue weighted by Gasteiger charge is 2.48. The Kier molecular flexibility index (Phi) is 5.25. The monoisotopic (exact) mass is 363 g/mol. The van der Waals surface area contributed by atoms with Gasteiger partial charge in [-0.3, -0.25) is 4.98 Å². The van der Waals surface area contributed by atoms with Crippen LogP contribution in [0.15, 0.2) is 79.0 Å². The number of benzene rings is 2. The number of nitrogens with zero attached hydrogens (tertiary/aromatic N) is 1. The number of pyridine rings is 1. The van der Waals surface area contributed by atoms with Crippen LogP contribution >= 0.6 is 0 Å². The van der Waals surface area contributed by atoms with Crippen LogP contribution in [0.3, 0.4) is 0 Å². The van der Waals surface area contributed by atoms with Gasteiger partial charge in [0, 0.05) is 16.6 Å². The minimum atomic E-state index is -3.00. The maximum atomic E-state index is 6.75. The van der Waals surface area contributed by atoms with Crippen molar-refractivity contribution in [2.24, 2.45) is 0 Å². The summed E-state index contributed by atoms with van der Waals surface area (Å²) >= 11 is 0. The van der Waals surface area contributed by atoms with Crippen LogP contribution in [-0.2, 0) is 4.43 Å². The molecule has 0 radical (unpaired) electrons. The second kappa shape index (κ2) is 7.44. The zero-order valence-corrected chi connectivity index (χ0v) is 16.8. The molecule has 1 heterocycles. The molecule has 0 N–H and O–H groups in total. The molecule has 0 amide bonds. The Bertz CT molecular complexity index is 805. The van der Waals surface area contributed by atoms with Crippen LogP contribution in [0, 0.1) is 6.92 Å². The second-order valence-electron chi connectivity index (χ2n) is 7.25. The summed E-state index contributed by atoms with van der Waals surface area (Å²) in [5.74, 6) is 0.760. The van der Waals surface area contributed by atoms with Crippen molar-refractivity contribution in [3.8, 4) is 5.75 Å². The van der Waals surface area contributed by atoms with E-state index < -0.39 is 8.56 Å². The van der Waals surface area contributed by atoms with Gasteiger partial charge in [0.15, 0.2) is 0 Å². The van der Waals surface area contributed by atoms with E-state index in [0.717, 1.165) is 21.8 Å². The molecule has 3 aromatic rings. The average molecular weight is 364 g/mol. The zero-order valence-electron chi connectivity index (χ0n) is 15.8. The normalized spacial score (nSPS) is 12.0. The highest BCUT2D eigenvalue weighted by molar-refractivity contribution is 6.93. The first-order valence-electron chi connectivity index (χ1n) is 8.83. The largest absolute Gasteiger partial charge is 0.512 e. The van der Waals surface area contributed by atoms with Crippen molar-refractivity contribution in [2.75, 3.05) is 0 Å². The van der Waals surface area contributed by atoms with E-state index in [0.29, 0.717) is 0 Å². The number of hydrogen-bond donors (Lipinski definition) is 0. The van der Waals surface area contributed by atoms with Crippen molar-refractivity contribution in [1.82, 2.24) is 4.98 Å². The summed E-state index contributed by atoms with van der Waals surface area (Å²) < 4.78 is 13.5. The smallest absolute Gasteiger partial charge is 0.469 e. The molecule has 0 fully saturated rings. The third-order valence-corrected chi connectivity index (χ3v) is 7.56. The number of aryl methyl sites for hydroxylation is 1. The molecular formula is C22H25NO2Si. The maximum Gasteiger partial charge on any atom is 0.469 e. The predicted octanol–water partition coefficient (Wildman–Crippen LogP) is 3.84. The third kappa shape index (κ3) is 4.03. The van der Waals surface area contributed by atoms with Crippen LogP contribution in [0.2, 0.25) is 0 Å². The van der Waals surface area contributed by atoms with Crippen LogP contribution in [0.1, 0.15) is 26.5 Å². The molecular weight excluding hydrogens is 338 g/mol. The first-order valence-corrected chi connectivity index (χ1v) is 10.6. The summed E-state index contributed by atoms with van der Waals surface area (Å²) in [7, 11) is -3.00. The summed E-state index contributed by atoms with van der Waals surface area (Å²) in [5.41, 5.74) is 0.488. The summed E-state index contributed by atoms with van der Waals surface area (Å²) in [4.78, 5) is 4.39. The fourth-order valence-corrected chi connectivity index (χ4v) is 6.40. The first kappa shape index (κ1) is 18.4. The molecule has 0 aliphatic carbocycles. The van der Waals surface area contributed by atoms with Crippen LogP contribution in [0.25, 0.3) is 0 Å². The van der Waals surface area contributed by atoms with Crippen molar-refractivity contribution in [1.29, 1.82) is 0 Å². The molecule has 4 heteroatoms. The summed E-state index contributed by atoms with van der Waals surface area (Å²) in [5, 5.41) is 2.15. The van der Waals surface area contributed by atoms with E-state index in [1.165, 1.54) is 0 Å². The Morgan fingerprint density at radius 1 is 0.769 bits per heavy atom. The van der Waals surface area contributed by atoms with Crippen molar-refractivity contribution < 1.29 is 8.85 Å².